The third-order valence-corrected chi connectivity index (χ3v) is 5.59. The maximum absolute atomic E-state index is 12.8. The van der Waals surface area contributed by atoms with E-state index in [2.05, 4.69) is 9.97 Å². The molecule has 138 valence electrons. The Morgan fingerprint density at radius 2 is 1.89 bits per heavy atom. The van der Waals surface area contributed by atoms with E-state index >= 15 is 0 Å². The van der Waals surface area contributed by atoms with Crippen LogP contribution in [0.2, 0.25) is 0 Å². The lowest BCUT2D eigenvalue weighted by molar-refractivity contribution is 0.0376. The van der Waals surface area contributed by atoms with Gasteiger partial charge in [0.15, 0.2) is 0 Å². The predicted octanol–water partition coefficient (Wildman–Crippen LogP) is 1.01. The van der Waals surface area contributed by atoms with Crippen LogP contribution in [0, 0.1) is 0 Å². The second-order valence-corrected chi connectivity index (χ2v) is 7.27. The van der Waals surface area contributed by atoms with Crippen molar-refractivity contribution >= 4 is 34.9 Å². The van der Waals surface area contributed by atoms with E-state index in [1.54, 1.807) is 0 Å². The number of ketones is 2. The third kappa shape index (κ3) is 2.97. The lowest BCUT2D eigenvalue weighted by atomic mass is 9.96. The number of primary amides is 1. The van der Waals surface area contributed by atoms with Crippen LogP contribution in [0.5, 0.6) is 0 Å². The number of hydrogen-bond donors (Lipinski definition) is 1. The molecule has 2 amide bonds. The molecule has 1 atom stereocenters. The lowest BCUT2D eigenvalue weighted by Gasteiger charge is -2.31. The van der Waals surface area contributed by atoms with Crippen LogP contribution in [0.1, 0.15) is 53.9 Å². The Hall–Kier alpha value is -3.14. The van der Waals surface area contributed by atoms with Crippen molar-refractivity contribution < 1.29 is 23.9 Å². The number of nitrogens with zero attached hydrogens (tertiary/aromatic N) is 3. The van der Waals surface area contributed by atoms with Gasteiger partial charge in [-0.25, -0.2) is 14.8 Å². The highest BCUT2D eigenvalue weighted by molar-refractivity contribution is 7.16. The minimum Gasteiger partial charge on any atom is -0.445 e. The van der Waals surface area contributed by atoms with Gasteiger partial charge in [0.2, 0.25) is 11.6 Å². The summed E-state index contributed by atoms with van der Waals surface area (Å²) >= 11 is 0.966. The van der Waals surface area contributed by atoms with Crippen molar-refractivity contribution in [3.05, 3.63) is 45.2 Å². The lowest BCUT2D eigenvalue weighted by Crippen LogP contribution is -2.44. The number of piperidine rings is 1. The van der Waals surface area contributed by atoms with Crippen molar-refractivity contribution in [1.82, 2.24) is 14.9 Å². The van der Waals surface area contributed by atoms with Gasteiger partial charge in [0.05, 0.1) is 16.3 Å². The van der Waals surface area contributed by atoms with Crippen molar-refractivity contribution in [3.63, 3.8) is 0 Å². The zero-order chi connectivity index (χ0) is 19.1. The molecule has 2 aliphatic rings. The Labute approximate surface area is 157 Å². The van der Waals surface area contributed by atoms with E-state index in [-0.39, 0.29) is 39.2 Å². The van der Waals surface area contributed by atoms with Gasteiger partial charge in [0.25, 0.3) is 5.91 Å². The van der Waals surface area contributed by atoms with Gasteiger partial charge in [-0.05, 0) is 18.9 Å². The Bertz CT molecular complexity index is 933. The molecule has 1 aliphatic heterocycles. The summed E-state index contributed by atoms with van der Waals surface area (Å²) < 4.78 is 4.99. The molecule has 27 heavy (non-hydrogen) atoms. The van der Waals surface area contributed by atoms with Gasteiger partial charge in [-0.15, -0.1) is 11.3 Å². The molecule has 0 bridgehead atoms. The molecular formula is C17H14N4O5S. The van der Waals surface area contributed by atoms with Crippen LogP contribution in [0.15, 0.2) is 18.5 Å². The molecule has 3 heterocycles. The molecule has 0 saturated carbocycles. The first-order valence-corrected chi connectivity index (χ1v) is 9.07. The number of rotatable bonds is 2. The standard InChI is InChI=1S/C17H14N4O5S/c18-17(25)26-8-2-1-5-21(7-8)16(24)10-6-9-13(22)11-12(20-4-3-19-11)14(23)15(9)27-10/h3-4,6,8H,1-2,5,7H2,(H2,18,25)/t8-/m1/s1. The third-order valence-electron chi connectivity index (χ3n) is 4.47. The largest absolute Gasteiger partial charge is 0.445 e. The number of aromatic nitrogens is 2. The number of thiophene rings is 1. The van der Waals surface area contributed by atoms with Crippen LogP contribution < -0.4 is 5.73 Å². The van der Waals surface area contributed by atoms with E-state index in [1.165, 1.54) is 23.4 Å². The highest BCUT2D eigenvalue weighted by Gasteiger charge is 2.36. The second-order valence-electron chi connectivity index (χ2n) is 6.22. The summed E-state index contributed by atoms with van der Waals surface area (Å²) in [6.07, 6.45) is 2.63. The van der Waals surface area contributed by atoms with Gasteiger partial charge in [0, 0.05) is 24.5 Å². The molecule has 0 unspecified atom stereocenters. The topological polar surface area (TPSA) is 133 Å². The smallest absolute Gasteiger partial charge is 0.404 e. The number of ether oxygens (including phenoxy) is 1. The highest BCUT2D eigenvalue weighted by Crippen LogP contribution is 2.32. The molecule has 2 aromatic heterocycles. The first kappa shape index (κ1) is 17.3. The van der Waals surface area contributed by atoms with Crippen molar-refractivity contribution in [2.75, 3.05) is 13.1 Å². The normalized spacial score (nSPS) is 18.7. The van der Waals surface area contributed by atoms with E-state index in [1.807, 2.05) is 0 Å². The summed E-state index contributed by atoms with van der Waals surface area (Å²) in [4.78, 5) is 58.9. The highest BCUT2D eigenvalue weighted by atomic mass is 32.1. The van der Waals surface area contributed by atoms with Crippen molar-refractivity contribution in [1.29, 1.82) is 0 Å². The van der Waals surface area contributed by atoms with Crippen molar-refractivity contribution in [2.24, 2.45) is 5.73 Å². The number of likely N-dealkylation sites (tertiary alicyclic amines) is 1. The molecule has 2 aromatic rings. The van der Waals surface area contributed by atoms with Gasteiger partial charge in [0.1, 0.15) is 17.5 Å². The summed E-state index contributed by atoms with van der Waals surface area (Å²) in [5.41, 5.74) is 5.22. The maximum Gasteiger partial charge on any atom is 0.404 e. The first-order valence-electron chi connectivity index (χ1n) is 8.25. The fraction of sp³-hybridized carbons (Fsp3) is 0.294. The van der Waals surface area contributed by atoms with Gasteiger partial charge in [-0.3, -0.25) is 14.4 Å². The summed E-state index contributed by atoms with van der Waals surface area (Å²) in [5, 5.41) is 0. The van der Waals surface area contributed by atoms with E-state index in [0.717, 1.165) is 11.3 Å². The molecule has 10 heteroatoms. The van der Waals surface area contributed by atoms with Gasteiger partial charge < -0.3 is 15.4 Å². The van der Waals surface area contributed by atoms with Crippen molar-refractivity contribution in [2.45, 2.75) is 18.9 Å². The van der Waals surface area contributed by atoms with Gasteiger partial charge in [-0.1, -0.05) is 0 Å². The van der Waals surface area contributed by atoms with E-state index in [0.29, 0.717) is 19.4 Å². The monoisotopic (exact) mass is 386 g/mol. The zero-order valence-electron chi connectivity index (χ0n) is 14.0. The fourth-order valence-corrected chi connectivity index (χ4v) is 4.34. The van der Waals surface area contributed by atoms with Crippen LogP contribution in [-0.4, -0.2) is 57.6 Å². The molecule has 1 aliphatic carbocycles. The Morgan fingerprint density at radius 1 is 1.19 bits per heavy atom. The van der Waals surface area contributed by atoms with E-state index < -0.39 is 23.8 Å². The van der Waals surface area contributed by atoms with Gasteiger partial charge in [-0.2, -0.15) is 0 Å². The van der Waals surface area contributed by atoms with E-state index in [9.17, 15) is 19.2 Å². The number of carbonyl (C=O) groups excluding carboxylic acids is 4. The predicted molar refractivity (Wildman–Crippen MR) is 92.8 cm³/mol. The summed E-state index contributed by atoms with van der Waals surface area (Å²) in [7, 11) is 0. The fourth-order valence-electron chi connectivity index (χ4n) is 3.28. The maximum atomic E-state index is 12.8. The zero-order valence-corrected chi connectivity index (χ0v) is 14.8. The Morgan fingerprint density at radius 3 is 2.59 bits per heavy atom. The molecule has 9 nitrogen and oxygen atoms in total. The van der Waals surface area contributed by atoms with Crippen LogP contribution in [0.25, 0.3) is 0 Å². The second kappa shape index (κ2) is 6.54. The van der Waals surface area contributed by atoms with Crippen LogP contribution in [0.4, 0.5) is 4.79 Å². The molecule has 2 N–H and O–H groups in total. The Kier molecular flexibility index (Phi) is 4.19. The molecule has 1 fully saturated rings. The number of nitrogens with two attached hydrogens (primary N) is 1. The average Bonchev–Trinajstić information content (AvgIpc) is 3.11. The summed E-state index contributed by atoms with van der Waals surface area (Å²) in [6.45, 7) is 0.709. The van der Waals surface area contributed by atoms with Crippen LogP contribution in [0.3, 0.4) is 0 Å². The molecule has 0 spiro atoms. The number of fused-ring (bicyclic) bond motifs is 2. The number of carbonyl (C=O) groups is 4. The molecule has 1 saturated heterocycles. The molecule has 0 radical (unpaired) electrons. The average molecular weight is 386 g/mol. The molecule has 0 aromatic carbocycles. The number of hydrogen-bond acceptors (Lipinski definition) is 8. The summed E-state index contributed by atoms with van der Waals surface area (Å²) in [5.74, 6) is -1.15. The SMILES string of the molecule is NC(=O)O[C@@H]1CCCN(C(=O)c2cc3c(s2)C(=O)c2nccnc2C3=O)C1. The quantitative estimate of drug-likeness (QED) is 0.695. The van der Waals surface area contributed by atoms with Gasteiger partial charge >= 0.3 is 6.09 Å². The van der Waals surface area contributed by atoms with E-state index in [4.69, 9.17) is 10.5 Å². The first-order chi connectivity index (χ1) is 13.0. The Balaban J connectivity index is 1.61. The number of amides is 2. The minimum absolute atomic E-state index is 0.000284. The summed E-state index contributed by atoms with van der Waals surface area (Å²) in [6, 6.07) is 1.43. The van der Waals surface area contributed by atoms with Crippen LogP contribution in [-0.2, 0) is 4.74 Å². The van der Waals surface area contributed by atoms with Crippen molar-refractivity contribution in [3.8, 4) is 0 Å². The van der Waals surface area contributed by atoms with Crippen LogP contribution >= 0.6 is 11.3 Å². The molecular weight excluding hydrogens is 372 g/mol. The minimum atomic E-state index is -0.880. The molecule has 4 rings (SSSR count).